The summed E-state index contributed by atoms with van der Waals surface area (Å²) in [5.41, 5.74) is 4.74. The Morgan fingerprint density at radius 1 is 0.955 bits per heavy atom. The molecule has 3 rings (SSSR count). The topological polar surface area (TPSA) is 25.8 Å². The zero-order valence-corrected chi connectivity index (χ0v) is 14.4. The van der Waals surface area contributed by atoms with E-state index in [0.29, 0.717) is 10.7 Å². The molecule has 2 heterocycles. The minimum atomic E-state index is 0.352. The minimum Gasteiger partial charge on any atom is -0.265 e. The summed E-state index contributed by atoms with van der Waals surface area (Å²) >= 11 is 3.85. The maximum atomic E-state index is 4.51. The van der Waals surface area contributed by atoms with Gasteiger partial charge in [0.05, 0.1) is 5.52 Å². The highest BCUT2D eigenvalue weighted by Crippen LogP contribution is 2.35. The van der Waals surface area contributed by atoms with E-state index in [1.165, 1.54) is 22.1 Å². The fourth-order valence-electron chi connectivity index (χ4n) is 2.71. The van der Waals surface area contributed by atoms with E-state index < -0.39 is 0 Å². The van der Waals surface area contributed by atoms with Crippen LogP contribution in [0, 0.1) is 5.92 Å². The molecule has 3 aromatic rings. The fraction of sp³-hybridized carbons (Fsp3) is 0.263. The van der Waals surface area contributed by atoms with Crippen molar-refractivity contribution in [2.45, 2.75) is 25.1 Å². The largest absolute Gasteiger partial charge is 0.265 e. The molecule has 112 valence electrons. The molecule has 0 spiro atoms. The molecule has 0 aliphatic rings. The number of halogens is 1. The average molecular weight is 355 g/mol. The molecule has 0 radical (unpaired) electrons. The molecule has 1 unspecified atom stereocenters. The van der Waals surface area contributed by atoms with E-state index in [4.69, 9.17) is 0 Å². The molecule has 0 saturated heterocycles. The van der Waals surface area contributed by atoms with Crippen molar-refractivity contribution < 1.29 is 0 Å². The Bertz CT molecular complexity index is 769. The van der Waals surface area contributed by atoms with Crippen molar-refractivity contribution in [2.24, 2.45) is 5.92 Å². The lowest BCUT2D eigenvalue weighted by molar-refractivity contribution is 0.585. The lowest BCUT2D eigenvalue weighted by atomic mass is 9.97. The number of aromatic nitrogens is 2. The highest BCUT2D eigenvalue weighted by Gasteiger charge is 2.14. The number of benzene rings is 1. The molecule has 0 bridgehead atoms. The van der Waals surface area contributed by atoms with E-state index >= 15 is 0 Å². The predicted molar refractivity (Wildman–Crippen MR) is 96.1 cm³/mol. The SMILES string of the molecule is CC(C)CC(Br)c1ccnc2ccc(-c3ccncc3)cc12. The molecule has 3 heteroatoms. The van der Waals surface area contributed by atoms with Crippen molar-refractivity contribution in [1.29, 1.82) is 0 Å². The van der Waals surface area contributed by atoms with Gasteiger partial charge in [0.25, 0.3) is 0 Å². The van der Waals surface area contributed by atoms with E-state index in [1.54, 1.807) is 0 Å². The second-order valence-corrected chi connectivity index (χ2v) is 7.07. The first kappa shape index (κ1) is 15.2. The molecule has 1 aromatic carbocycles. The van der Waals surface area contributed by atoms with Crippen LogP contribution in [0.1, 0.15) is 30.7 Å². The zero-order valence-electron chi connectivity index (χ0n) is 12.8. The minimum absolute atomic E-state index is 0.352. The lowest BCUT2D eigenvalue weighted by Gasteiger charge is -2.15. The van der Waals surface area contributed by atoms with Gasteiger partial charge in [0.15, 0.2) is 0 Å². The van der Waals surface area contributed by atoms with Crippen LogP contribution in [0.4, 0.5) is 0 Å². The number of pyridine rings is 2. The molecule has 0 N–H and O–H groups in total. The van der Waals surface area contributed by atoms with E-state index in [-0.39, 0.29) is 0 Å². The van der Waals surface area contributed by atoms with Gasteiger partial charge >= 0.3 is 0 Å². The first-order valence-electron chi connectivity index (χ1n) is 7.58. The number of alkyl halides is 1. The normalized spacial score (nSPS) is 12.7. The molecule has 0 saturated carbocycles. The number of nitrogens with zero attached hydrogens (tertiary/aromatic N) is 2. The number of fused-ring (bicyclic) bond motifs is 1. The third-order valence-corrected chi connectivity index (χ3v) is 4.67. The summed E-state index contributed by atoms with van der Waals surface area (Å²) in [6.07, 6.45) is 6.67. The molecule has 0 amide bonds. The maximum Gasteiger partial charge on any atom is 0.0705 e. The molecule has 2 aromatic heterocycles. The predicted octanol–water partition coefficient (Wildman–Crippen LogP) is 5.78. The zero-order chi connectivity index (χ0) is 15.5. The van der Waals surface area contributed by atoms with E-state index in [2.05, 4.69) is 64.0 Å². The molecule has 0 aliphatic heterocycles. The van der Waals surface area contributed by atoms with Gasteiger partial charge in [0.2, 0.25) is 0 Å². The van der Waals surface area contributed by atoms with Gasteiger partial charge in [0, 0.05) is 28.8 Å². The maximum absolute atomic E-state index is 4.51. The van der Waals surface area contributed by atoms with Crippen LogP contribution in [0.2, 0.25) is 0 Å². The summed E-state index contributed by atoms with van der Waals surface area (Å²) in [5, 5.41) is 1.22. The standard InChI is InChI=1S/C19H19BrN2/c1-13(2)11-18(20)16-7-10-22-19-4-3-15(12-17(16)19)14-5-8-21-9-6-14/h3-10,12-13,18H,11H2,1-2H3. The van der Waals surface area contributed by atoms with Crippen LogP contribution < -0.4 is 0 Å². The third-order valence-electron chi connectivity index (χ3n) is 3.80. The van der Waals surface area contributed by atoms with Gasteiger partial charge in [-0.05, 0) is 59.4 Å². The summed E-state index contributed by atoms with van der Waals surface area (Å²) in [6, 6.07) is 12.7. The van der Waals surface area contributed by atoms with E-state index in [1.807, 2.05) is 30.7 Å². The first-order chi connectivity index (χ1) is 10.6. The van der Waals surface area contributed by atoms with Crippen LogP contribution in [0.3, 0.4) is 0 Å². The monoisotopic (exact) mass is 354 g/mol. The molecule has 2 nitrogen and oxygen atoms in total. The molecule has 22 heavy (non-hydrogen) atoms. The van der Waals surface area contributed by atoms with Crippen molar-refractivity contribution in [3.8, 4) is 11.1 Å². The Labute approximate surface area is 139 Å². The van der Waals surface area contributed by atoms with Crippen molar-refractivity contribution in [1.82, 2.24) is 9.97 Å². The first-order valence-corrected chi connectivity index (χ1v) is 8.50. The molecule has 0 aliphatic carbocycles. The molecule has 1 atom stereocenters. The number of hydrogen-bond donors (Lipinski definition) is 0. The second-order valence-electron chi connectivity index (χ2n) is 5.97. The van der Waals surface area contributed by atoms with Gasteiger partial charge in [-0.25, -0.2) is 0 Å². The summed E-state index contributed by atoms with van der Waals surface area (Å²) < 4.78 is 0. The highest BCUT2D eigenvalue weighted by atomic mass is 79.9. The van der Waals surface area contributed by atoms with Crippen LogP contribution >= 0.6 is 15.9 Å². The van der Waals surface area contributed by atoms with Crippen molar-refractivity contribution >= 4 is 26.8 Å². The lowest BCUT2D eigenvalue weighted by Crippen LogP contribution is -1.98. The molecule has 0 fully saturated rings. The van der Waals surface area contributed by atoms with Crippen molar-refractivity contribution in [3.63, 3.8) is 0 Å². The van der Waals surface area contributed by atoms with Crippen LogP contribution in [0.5, 0.6) is 0 Å². The summed E-state index contributed by atoms with van der Waals surface area (Å²) in [7, 11) is 0. The summed E-state index contributed by atoms with van der Waals surface area (Å²) in [6.45, 7) is 4.50. The van der Waals surface area contributed by atoms with Crippen molar-refractivity contribution in [2.75, 3.05) is 0 Å². The van der Waals surface area contributed by atoms with Gasteiger partial charge in [-0.15, -0.1) is 0 Å². The Morgan fingerprint density at radius 3 is 2.45 bits per heavy atom. The average Bonchev–Trinajstić information content (AvgIpc) is 2.54. The fourth-order valence-corrected chi connectivity index (χ4v) is 3.85. The van der Waals surface area contributed by atoms with Gasteiger partial charge in [-0.3, -0.25) is 9.97 Å². The number of hydrogen-bond acceptors (Lipinski definition) is 2. The van der Waals surface area contributed by atoms with E-state index in [0.717, 1.165) is 11.9 Å². The Morgan fingerprint density at radius 2 is 1.73 bits per heavy atom. The van der Waals surface area contributed by atoms with Crippen LogP contribution in [0.15, 0.2) is 55.0 Å². The van der Waals surface area contributed by atoms with Crippen LogP contribution in [0.25, 0.3) is 22.0 Å². The summed E-state index contributed by atoms with van der Waals surface area (Å²) in [5.74, 6) is 0.649. The van der Waals surface area contributed by atoms with Gasteiger partial charge in [-0.2, -0.15) is 0 Å². The second kappa shape index (κ2) is 6.57. The van der Waals surface area contributed by atoms with Crippen LogP contribution in [-0.2, 0) is 0 Å². The quantitative estimate of drug-likeness (QED) is 0.555. The smallest absolute Gasteiger partial charge is 0.0705 e. The van der Waals surface area contributed by atoms with Crippen molar-refractivity contribution in [3.05, 3.63) is 60.6 Å². The molecular weight excluding hydrogens is 336 g/mol. The van der Waals surface area contributed by atoms with E-state index in [9.17, 15) is 0 Å². The van der Waals surface area contributed by atoms with Gasteiger partial charge in [-0.1, -0.05) is 35.8 Å². The highest BCUT2D eigenvalue weighted by molar-refractivity contribution is 9.09. The van der Waals surface area contributed by atoms with Gasteiger partial charge < -0.3 is 0 Å². The van der Waals surface area contributed by atoms with Gasteiger partial charge in [0.1, 0.15) is 0 Å². The third kappa shape index (κ3) is 3.20. The molecular formula is C19H19BrN2. The summed E-state index contributed by atoms with van der Waals surface area (Å²) in [4.78, 5) is 8.95. The Balaban J connectivity index is 2.10. The van der Waals surface area contributed by atoms with Crippen LogP contribution in [-0.4, -0.2) is 9.97 Å². The number of rotatable bonds is 4. The Kier molecular flexibility index (Phi) is 4.53. The Hall–Kier alpha value is -1.74.